The fourth-order valence-corrected chi connectivity index (χ4v) is 6.12. The number of sulfonamides is 2. The molecule has 31 heavy (non-hydrogen) atoms. The van der Waals surface area contributed by atoms with Gasteiger partial charge in [-0.15, -0.1) is 0 Å². The summed E-state index contributed by atoms with van der Waals surface area (Å²) >= 11 is 0. The number of ether oxygens (including phenoxy) is 2. The lowest BCUT2D eigenvalue weighted by molar-refractivity contribution is 0.110. The third-order valence-electron chi connectivity index (χ3n) is 4.99. The van der Waals surface area contributed by atoms with E-state index in [4.69, 9.17) is 9.47 Å². The monoisotopic (exact) mass is 468 g/mol. The van der Waals surface area contributed by atoms with Gasteiger partial charge in [0.2, 0.25) is 20.0 Å². The highest BCUT2D eigenvalue weighted by Crippen LogP contribution is 2.23. The lowest BCUT2D eigenvalue weighted by Crippen LogP contribution is -2.46. The van der Waals surface area contributed by atoms with Crippen LogP contribution in [-0.4, -0.2) is 60.1 Å². The Labute approximate surface area is 184 Å². The van der Waals surface area contributed by atoms with Crippen molar-refractivity contribution < 1.29 is 26.3 Å². The molecule has 2 aromatic carbocycles. The average Bonchev–Trinajstić information content (AvgIpc) is 2.78. The number of benzene rings is 2. The van der Waals surface area contributed by atoms with Gasteiger partial charge in [0.05, 0.1) is 16.4 Å². The normalized spacial score (nSPS) is 16.3. The summed E-state index contributed by atoms with van der Waals surface area (Å²) in [5.41, 5.74) is 0. The van der Waals surface area contributed by atoms with Crippen LogP contribution in [0, 0.1) is 0 Å². The zero-order valence-corrected chi connectivity index (χ0v) is 19.1. The first-order valence-electron chi connectivity index (χ1n) is 10.2. The van der Waals surface area contributed by atoms with Gasteiger partial charge in [0.1, 0.15) is 12.4 Å². The third-order valence-corrected chi connectivity index (χ3v) is 8.44. The van der Waals surface area contributed by atoms with Crippen molar-refractivity contribution in [3.8, 4) is 5.75 Å². The second-order valence-corrected chi connectivity index (χ2v) is 10.8. The van der Waals surface area contributed by atoms with Crippen molar-refractivity contribution in [3.05, 3.63) is 54.6 Å². The summed E-state index contributed by atoms with van der Waals surface area (Å²) in [5.74, 6) is 0.577. The highest BCUT2D eigenvalue weighted by atomic mass is 32.2. The Morgan fingerprint density at radius 3 is 2.16 bits per heavy atom. The molecule has 2 aromatic rings. The van der Waals surface area contributed by atoms with Crippen LogP contribution in [0.5, 0.6) is 5.75 Å². The fraction of sp³-hybridized carbons (Fsp3) is 0.429. The lowest BCUT2D eigenvalue weighted by Gasteiger charge is -2.31. The Kier molecular flexibility index (Phi) is 8.06. The Balaban J connectivity index is 1.56. The van der Waals surface area contributed by atoms with Crippen molar-refractivity contribution in [2.24, 2.45) is 0 Å². The smallest absolute Gasteiger partial charge is 0.243 e. The molecule has 0 bridgehead atoms. The molecule has 0 atom stereocenters. The van der Waals surface area contributed by atoms with Crippen molar-refractivity contribution in [3.63, 3.8) is 0 Å². The maximum atomic E-state index is 12.9. The first kappa shape index (κ1) is 23.7. The molecule has 0 amide bonds. The molecule has 1 aliphatic heterocycles. The first-order chi connectivity index (χ1) is 14.8. The number of hydrogen-bond donors (Lipinski definition) is 1. The summed E-state index contributed by atoms with van der Waals surface area (Å²) in [7, 11) is -7.27. The van der Waals surface area contributed by atoms with E-state index in [9.17, 15) is 16.8 Å². The van der Waals surface area contributed by atoms with E-state index in [1.54, 1.807) is 30.3 Å². The first-order valence-corrected chi connectivity index (χ1v) is 13.1. The van der Waals surface area contributed by atoms with E-state index < -0.39 is 20.0 Å². The molecular weight excluding hydrogens is 440 g/mol. The molecule has 0 unspecified atom stereocenters. The van der Waals surface area contributed by atoms with Gasteiger partial charge >= 0.3 is 0 Å². The molecule has 1 heterocycles. The quantitative estimate of drug-likeness (QED) is 0.537. The summed E-state index contributed by atoms with van der Waals surface area (Å²) < 4.78 is 65.6. The van der Waals surface area contributed by atoms with Crippen LogP contribution in [0.25, 0.3) is 0 Å². The molecular formula is C21H28N2O6S2. The number of rotatable bonds is 10. The second kappa shape index (κ2) is 10.6. The zero-order valence-electron chi connectivity index (χ0n) is 17.4. The fourth-order valence-electron chi connectivity index (χ4n) is 3.32. The van der Waals surface area contributed by atoms with Crippen LogP contribution in [0.2, 0.25) is 0 Å². The van der Waals surface area contributed by atoms with Crippen LogP contribution in [0.4, 0.5) is 0 Å². The van der Waals surface area contributed by atoms with Gasteiger partial charge in [-0.1, -0.05) is 18.2 Å². The second-order valence-electron chi connectivity index (χ2n) is 7.13. The highest BCUT2D eigenvalue weighted by Gasteiger charge is 2.31. The van der Waals surface area contributed by atoms with E-state index in [1.165, 1.54) is 28.6 Å². The number of nitrogens with one attached hydrogen (secondary N) is 1. The number of nitrogens with zero attached hydrogens (tertiary/aromatic N) is 1. The van der Waals surface area contributed by atoms with Crippen molar-refractivity contribution in [2.75, 3.05) is 32.9 Å². The van der Waals surface area contributed by atoms with E-state index in [0.717, 1.165) is 0 Å². The van der Waals surface area contributed by atoms with E-state index in [1.807, 2.05) is 6.92 Å². The maximum absolute atomic E-state index is 12.9. The van der Waals surface area contributed by atoms with Gasteiger partial charge in [-0.25, -0.2) is 21.6 Å². The summed E-state index contributed by atoms with van der Waals surface area (Å²) in [6.07, 6.45) is 0.813. The Morgan fingerprint density at radius 1 is 0.903 bits per heavy atom. The van der Waals surface area contributed by atoms with Gasteiger partial charge in [-0.05, 0) is 56.2 Å². The van der Waals surface area contributed by atoms with Gasteiger partial charge in [-0.3, -0.25) is 0 Å². The van der Waals surface area contributed by atoms with Gasteiger partial charge in [0.15, 0.2) is 0 Å². The van der Waals surface area contributed by atoms with Crippen molar-refractivity contribution in [1.29, 1.82) is 0 Å². The third kappa shape index (κ3) is 6.27. The highest BCUT2D eigenvalue weighted by molar-refractivity contribution is 7.89. The molecule has 1 saturated heterocycles. The minimum Gasteiger partial charge on any atom is -0.491 e. The minimum absolute atomic E-state index is 0.188. The van der Waals surface area contributed by atoms with Crippen LogP contribution in [-0.2, 0) is 24.8 Å². The largest absolute Gasteiger partial charge is 0.491 e. The topological polar surface area (TPSA) is 102 Å². The van der Waals surface area contributed by atoms with E-state index >= 15 is 0 Å². The van der Waals surface area contributed by atoms with E-state index in [-0.39, 0.29) is 28.9 Å². The molecule has 1 fully saturated rings. The molecule has 1 N–H and O–H groups in total. The minimum atomic E-state index is -3.65. The summed E-state index contributed by atoms with van der Waals surface area (Å²) in [4.78, 5) is 0.390. The van der Waals surface area contributed by atoms with Crippen molar-refractivity contribution in [2.45, 2.75) is 35.6 Å². The predicted molar refractivity (Wildman–Crippen MR) is 117 cm³/mol. The molecule has 0 radical (unpaired) electrons. The van der Waals surface area contributed by atoms with Gasteiger partial charge in [0, 0.05) is 25.7 Å². The maximum Gasteiger partial charge on any atom is 0.243 e. The van der Waals surface area contributed by atoms with Crippen LogP contribution in [0.15, 0.2) is 64.4 Å². The summed E-state index contributed by atoms with van der Waals surface area (Å²) in [6, 6.07) is 14.1. The molecule has 8 nitrogen and oxygen atoms in total. The van der Waals surface area contributed by atoms with Crippen LogP contribution in [0.1, 0.15) is 19.8 Å². The van der Waals surface area contributed by atoms with Gasteiger partial charge < -0.3 is 9.47 Å². The Bertz CT molecular complexity index is 1030. The molecule has 0 spiro atoms. The van der Waals surface area contributed by atoms with E-state index in [2.05, 4.69) is 4.72 Å². The van der Waals surface area contributed by atoms with Crippen LogP contribution >= 0.6 is 0 Å². The molecule has 0 aliphatic carbocycles. The zero-order chi connectivity index (χ0) is 22.3. The number of piperidine rings is 1. The number of hydrogen-bond acceptors (Lipinski definition) is 6. The lowest BCUT2D eigenvalue weighted by atomic mass is 10.1. The summed E-state index contributed by atoms with van der Waals surface area (Å²) in [5, 5.41) is 0. The predicted octanol–water partition coefficient (Wildman–Crippen LogP) is 2.23. The van der Waals surface area contributed by atoms with Crippen molar-refractivity contribution in [1.82, 2.24) is 9.03 Å². The standard InChI is InChI=1S/C21H28N2O6S2/c1-2-28-16-17-29-19-8-10-21(11-9-19)31(26,27)23-14-12-18(13-15-23)22-30(24,25)20-6-4-3-5-7-20/h3-11,18,22H,2,12-17H2,1H3. The molecule has 0 aromatic heterocycles. The van der Waals surface area contributed by atoms with Crippen LogP contribution < -0.4 is 9.46 Å². The SMILES string of the molecule is CCOCCOc1ccc(S(=O)(=O)N2CCC(NS(=O)(=O)c3ccccc3)CC2)cc1. The average molecular weight is 469 g/mol. The molecule has 0 saturated carbocycles. The summed E-state index contributed by atoms with van der Waals surface area (Å²) in [6.45, 7) is 3.88. The Morgan fingerprint density at radius 2 is 1.55 bits per heavy atom. The molecule has 170 valence electrons. The van der Waals surface area contributed by atoms with Gasteiger partial charge in [0.25, 0.3) is 0 Å². The molecule has 1 aliphatic rings. The van der Waals surface area contributed by atoms with Crippen molar-refractivity contribution >= 4 is 20.0 Å². The van der Waals surface area contributed by atoms with Crippen LogP contribution in [0.3, 0.4) is 0 Å². The van der Waals surface area contributed by atoms with Gasteiger partial charge in [-0.2, -0.15) is 4.31 Å². The molecule has 10 heteroatoms. The van der Waals surface area contributed by atoms with E-state index in [0.29, 0.717) is 38.4 Å². The molecule has 3 rings (SSSR count). The Hall–Kier alpha value is -1.98.